The first-order chi connectivity index (χ1) is 15.3. The van der Waals surface area contributed by atoms with Crippen molar-refractivity contribution in [3.05, 3.63) is 64.2 Å². The monoisotopic (exact) mass is 454 g/mol. The molecule has 1 N–H and O–H groups in total. The Morgan fingerprint density at radius 2 is 1.78 bits per heavy atom. The van der Waals surface area contributed by atoms with Gasteiger partial charge in [-0.1, -0.05) is 18.2 Å². The number of aromatic nitrogens is 1. The molecular formula is C24H26N2O5S. The Bertz CT molecular complexity index is 1130. The van der Waals surface area contributed by atoms with Crippen molar-refractivity contribution >= 4 is 23.2 Å². The number of nitrogens with one attached hydrogen (secondary N) is 1. The van der Waals surface area contributed by atoms with Gasteiger partial charge in [0, 0.05) is 10.9 Å². The summed E-state index contributed by atoms with van der Waals surface area (Å²) < 4.78 is 15.7. The second kappa shape index (κ2) is 10.3. The number of carbonyl (C=O) groups is 2. The van der Waals surface area contributed by atoms with Gasteiger partial charge in [-0.15, -0.1) is 11.3 Å². The minimum atomic E-state index is -0.651. The molecule has 1 aromatic heterocycles. The standard InChI is InChI=1S/C24H26N2O5S/c1-14-6-7-17(10-15(14)2)16(3)25-22(27)12-31-24(28)19-13-32-23(26-19)18-8-9-20(29-4)21(11-18)30-5/h6-11,13,16H,12H2,1-5H3,(H,25,27). The molecule has 1 amide bonds. The molecular weight excluding hydrogens is 428 g/mol. The number of amides is 1. The Hall–Kier alpha value is -3.39. The van der Waals surface area contributed by atoms with Gasteiger partial charge in [0.25, 0.3) is 5.91 Å². The van der Waals surface area contributed by atoms with E-state index in [-0.39, 0.29) is 24.2 Å². The molecule has 0 saturated heterocycles. The molecule has 8 heteroatoms. The smallest absolute Gasteiger partial charge is 0.358 e. The molecule has 2 aromatic carbocycles. The Kier molecular flexibility index (Phi) is 7.48. The van der Waals surface area contributed by atoms with E-state index in [9.17, 15) is 9.59 Å². The summed E-state index contributed by atoms with van der Waals surface area (Å²) in [5.74, 6) is 0.147. The van der Waals surface area contributed by atoms with Crippen LogP contribution in [0.25, 0.3) is 10.6 Å². The lowest BCUT2D eigenvalue weighted by Crippen LogP contribution is -2.31. The van der Waals surface area contributed by atoms with Gasteiger partial charge in [-0.3, -0.25) is 4.79 Å². The molecule has 0 spiro atoms. The quantitative estimate of drug-likeness (QED) is 0.505. The number of aryl methyl sites for hydroxylation is 2. The molecule has 0 aliphatic heterocycles. The van der Waals surface area contributed by atoms with Crippen molar-refractivity contribution in [1.82, 2.24) is 10.3 Å². The van der Waals surface area contributed by atoms with Crippen LogP contribution < -0.4 is 14.8 Å². The number of esters is 1. The normalized spacial score (nSPS) is 11.5. The van der Waals surface area contributed by atoms with Gasteiger partial charge in [0.05, 0.1) is 20.3 Å². The van der Waals surface area contributed by atoms with Crippen molar-refractivity contribution in [2.45, 2.75) is 26.8 Å². The fraction of sp³-hybridized carbons (Fsp3) is 0.292. The zero-order chi connectivity index (χ0) is 23.3. The van der Waals surface area contributed by atoms with E-state index < -0.39 is 5.97 Å². The van der Waals surface area contributed by atoms with Crippen LogP contribution in [0.15, 0.2) is 41.8 Å². The van der Waals surface area contributed by atoms with Crippen LogP contribution in [0.3, 0.4) is 0 Å². The van der Waals surface area contributed by atoms with Crippen LogP contribution in [0.1, 0.15) is 40.1 Å². The Morgan fingerprint density at radius 1 is 1.03 bits per heavy atom. The Morgan fingerprint density at radius 3 is 2.47 bits per heavy atom. The number of hydrogen-bond acceptors (Lipinski definition) is 7. The van der Waals surface area contributed by atoms with Crippen LogP contribution in [-0.4, -0.2) is 37.7 Å². The summed E-state index contributed by atoms with van der Waals surface area (Å²) in [6.07, 6.45) is 0. The molecule has 3 rings (SSSR count). The van der Waals surface area contributed by atoms with Crippen LogP contribution in [0.5, 0.6) is 11.5 Å². The van der Waals surface area contributed by atoms with Gasteiger partial charge < -0.3 is 19.5 Å². The molecule has 0 aliphatic rings. The van der Waals surface area contributed by atoms with Gasteiger partial charge in [0.1, 0.15) is 5.01 Å². The number of rotatable bonds is 8. The summed E-state index contributed by atoms with van der Waals surface area (Å²) in [7, 11) is 3.12. The van der Waals surface area contributed by atoms with Crippen LogP contribution in [0, 0.1) is 13.8 Å². The highest BCUT2D eigenvalue weighted by atomic mass is 32.1. The number of benzene rings is 2. The van der Waals surface area contributed by atoms with E-state index in [1.165, 1.54) is 16.9 Å². The maximum Gasteiger partial charge on any atom is 0.358 e. The number of hydrogen-bond donors (Lipinski definition) is 1. The highest BCUT2D eigenvalue weighted by molar-refractivity contribution is 7.13. The molecule has 1 atom stereocenters. The molecule has 7 nitrogen and oxygen atoms in total. The van der Waals surface area contributed by atoms with Crippen molar-refractivity contribution in [2.75, 3.05) is 20.8 Å². The van der Waals surface area contributed by atoms with Crippen LogP contribution in [0.2, 0.25) is 0 Å². The van der Waals surface area contributed by atoms with E-state index in [2.05, 4.69) is 10.3 Å². The Labute approximate surface area is 191 Å². The third-order valence-corrected chi connectivity index (χ3v) is 5.98. The maximum atomic E-state index is 12.4. The second-order valence-corrected chi connectivity index (χ2v) is 8.17. The van der Waals surface area contributed by atoms with Gasteiger partial charge >= 0.3 is 5.97 Å². The predicted octanol–water partition coefficient (Wildman–Crippen LogP) is 4.48. The molecule has 32 heavy (non-hydrogen) atoms. The van der Waals surface area contributed by atoms with E-state index in [0.717, 1.165) is 16.7 Å². The number of methoxy groups -OCH3 is 2. The van der Waals surface area contributed by atoms with Crippen molar-refractivity contribution in [3.8, 4) is 22.1 Å². The van der Waals surface area contributed by atoms with Crippen molar-refractivity contribution in [2.24, 2.45) is 0 Å². The molecule has 1 unspecified atom stereocenters. The molecule has 0 saturated carbocycles. The van der Waals surface area contributed by atoms with Gasteiger partial charge in [0.15, 0.2) is 23.8 Å². The third-order valence-electron chi connectivity index (χ3n) is 5.09. The molecule has 0 radical (unpaired) electrons. The molecule has 0 bridgehead atoms. The summed E-state index contributed by atoms with van der Waals surface area (Å²) >= 11 is 1.30. The van der Waals surface area contributed by atoms with Gasteiger partial charge in [-0.05, 0) is 55.7 Å². The van der Waals surface area contributed by atoms with Gasteiger partial charge in [-0.25, -0.2) is 9.78 Å². The minimum Gasteiger partial charge on any atom is -0.493 e. The molecule has 3 aromatic rings. The zero-order valence-electron chi connectivity index (χ0n) is 18.7. The summed E-state index contributed by atoms with van der Waals surface area (Å²) in [5.41, 5.74) is 4.27. The average molecular weight is 455 g/mol. The van der Waals surface area contributed by atoms with E-state index in [0.29, 0.717) is 16.5 Å². The van der Waals surface area contributed by atoms with Crippen molar-refractivity contribution < 1.29 is 23.8 Å². The highest BCUT2D eigenvalue weighted by Crippen LogP contribution is 2.33. The van der Waals surface area contributed by atoms with Crippen molar-refractivity contribution in [1.29, 1.82) is 0 Å². The number of carbonyl (C=O) groups excluding carboxylic acids is 2. The van der Waals surface area contributed by atoms with E-state index in [4.69, 9.17) is 14.2 Å². The molecule has 1 heterocycles. The second-order valence-electron chi connectivity index (χ2n) is 7.32. The lowest BCUT2D eigenvalue weighted by atomic mass is 10.0. The summed E-state index contributed by atoms with van der Waals surface area (Å²) in [4.78, 5) is 28.9. The van der Waals surface area contributed by atoms with Crippen LogP contribution >= 0.6 is 11.3 Å². The molecule has 0 fully saturated rings. The number of thiazole rings is 1. The van der Waals surface area contributed by atoms with E-state index in [1.807, 2.05) is 45.0 Å². The van der Waals surface area contributed by atoms with Crippen LogP contribution in [-0.2, 0) is 9.53 Å². The summed E-state index contributed by atoms with van der Waals surface area (Å²) in [6.45, 7) is 5.58. The fourth-order valence-electron chi connectivity index (χ4n) is 3.07. The summed E-state index contributed by atoms with van der Waals surface area (Å²) in [5, 5.41) is 5.08. The highest BCUT2D eigenvalue weighted by Gasteiger charge is 2.17. The van der Waals surface area contributed by atoms with Crippen molar-refractivity contribution in [3.63, 3.8) is 0 Å². The van der Waals surface area contributed by atoms with Crippen LogP contribution in [0.4, 0.5) is 0 Å². The fourth-order valence-corrected chi connectivity index (χ4v) is 3.86. The largest absolute Gasteiger partial charge is 0.493 e. The van der Waals surface area contributed by atoms with E-state index in [1.54, 1.807) is 31.7 Å². The maximum absolute atomic E-state index is 12.4. The summed E-state index contributed by atoms with van der Waals surface area (Å²) in [6, 6.07) is 11.2. The Balaban J connectivity index is 1.58. The van der Waals surface area contributed by atoms with Gasteiger partial charge in [-0.2, -0.15) is 0 Å². The third kappa shape index (κ3) is 5.45. The lowest BCUT2D eigenvalue weighted by Gasteiger charge is -2.15. The topological polar surface area (TPSA) is 86.8 Å². The average Bonchev–Trinajstić information content (AvgIpc) is 3.29. The first kappa shape index (κ1) is 23.3. The lowest BCUT2D eigenvalue weighted by molar-refractivity contribution is -0.124. The number of nitrogens with zero attached hydrogens (tertiary/aromatic N) is 1. The molecule has 0 aliphatic carbocycles. The zero-order valence-corrected chi connectivity index (χ0v) is 19.5. The SMILES string of the molecule is COc1ccc(-c2nc(C(=O)OCC(=O)NC(C)c3ccc(C)c(C)c3)cs2)cc1OC. The first-order valence-corrected chi connectivity index (χ1v) is 10.9. The number of ether oxygens (including phenoxy) is 3. The minimum absolute atomic E-state index is 0.148. The van der Waals surface area contributed by atoms with E-state index >= 15 is 0 Å². The van der Waals surface area contributed by atoms with Gasteiger partial charge in [0.2, 0.25) is 0 Å². The first-order valence-electron chi connectivity index (χ1n) is 10.0. The predicted molar refractivity (Wildman–Crippen MR) is 123 cm³/mol. The molecule has 168 valence electrons.